The minimum Gasteiger partial charge on any atom is -0.490 e. The molecule has 0 spiro atoms. The van der Waals surface area contributed by atoms with Gasteiger partial charge < -0.3 is 19.7 Å². The van der Waals surface area contributed by atoms with Gasteiger partial charge in [-0.3, -0.25) is 4.79 Å². The Morgan fingerprint density at radius 2 is 1.67 bits per heavy atom. The van der Waals surface area contributed by atoms with Crippen LogP contribution in [0.1, 0.15) is 30.4 Å². The molecule has 5 nitrogen and oxygen atoms in total. The van der Waals surface area contributed by atoms with Crippen LogP contribution in [0.4, 0.5) is 13.2 Å². The van der Waals surface area contributed by atoms with Gasteiger partial charge in [0.1, 0.15) is 24.8 Å². The van der Waals surface area contributed by atoms with E-state index in [1.54, 1.807) is 12.1 Å². The van der Waals surface area contributed by atoms with Crippen LogP contribution in [-0.4, -0.2) is 43.2 Å². The van der Waals surface area contributed by atoms with Crippen LogP contribution in [0.2, 0.25) is 0 Å². The molecule has 1 N–H and O–H groups in total. The Morgan fingerprint density at radius 3 is 2.36 bits per heavy atom. The molecule has 204 valence electrons. The van der Waals surface area contributed by atoms with Crippen molar-refractivity contribution in [1.29, 1.82) is 0 Å². The van der Waals surface area contributed by atoms with E-state index in [9.17, 15) is 18.0 Å². The van der Waals surface area contributed by atoms with Gasteiger partial charge in [-0.2, -0.15) is 0 Å². The van der Waals surface area contributed by atoms with Gasteiger partial charge in [0.15, 0.2) is 17.4 Å². The maximum absolute atomic E-state index is 13.8. The lowest BCUT2D eigenvalue weighted by molar-refractivity contribution is -0.128. The van der Waals surface area contributed by atoms with Crippen molar-refractivity contribution in [2.75, 3.05) is 26.3 Å². The van der Waals surface area contributed by atoms with Gasteiger partial charge in [0.05, 0.1) is 0 Å². The van der Waals surface area contributed by atoms with E-state index in [1.165, 1.54) is 0 Å². The molecule has 5 rings (SSSR count). The molecule has 1 heterocycles. The number of hydrogen-bond acceptors (Lipinski definition) is 4. The van der Waals surface area contributed by atoms with Crippen LogP contribution < -0.4 is 14.8 Å². The molecule has 0 unspecified atom stereocenters. The van der Waals surface area contributed by atoms with Gasteiger partial charge in [0.2, 0.25) is 0 Å². The number of hydrogen-bond donors (Lipinski definition) is 1. The van der Waals surface area contributed by atoms with E-state index in [2.05, 4.69) is 21.2 Å². The largest absolute Gasteiger partial charge is 0.490 e. The van der Waals surface area contributed by atoms with Crippen LogP contribution in [0, 0.1) is 17.5 Å². The summed E-state index contributed by atoms with van der Waals surface area (Å²) in [7, 11) is 0. The Hall–Kier alpha value is -3.30. The van der Waals surface area contributed by atoms with Gasteiger partial charge >= 0.3 is 0 Å². The van der Waals surface area contributed by atoms with Crippen molar-refractivity contribution in [3.05, 3.63) is 99.3 Å². The number of carbonyl (C=O) groups excluding carboxylic acids is 1. The number of ether oxygens (including phenoxy) is 2. The summed E-state index contributed by atoms with van der Waals surface area (Å²) in [6.45, 7) is 1.77. The molecule has 39 heavy (non-hydrogen) atoms. The molecule has 2 aliphatic rings. The zero-order chi connectivity index (χ0) is 27.4. The van der Waals surface area contributed by atoms with E-state index in [0.717, 1.165) is 52.6 Å². The molecular weight excluding hydrogens is 573 g/mol. The maximum atomic E-state index is 13.8. The highest BCUT2D eigenvalue weighted by molar-refractivity contribution is 9.10. The highest BCUT2D eigenvalue weighted by Crippen LogP contribution is 2.34. The molecule has 0 aromatic heterocycles. The molecule has 1 amide bonds. The van der Waals surface area contributed by atoms with Crippen molar-refractivity contribution in [3.63, 3.8) is 0 Å². The second-order valence-corrected chi connectivity index (χ2v) is 10.4. The summed E-state index contributed by atoms with van der Waals surface area (Å²) < 4.78 is 52.2. The van der Waals surface area contributed by atoms with Gasteiger partial charge in [-0.15, -0.1) is 0 Å². The Labute approximate surface area is 233 Å². The molecule has 0 radical (unpaired) electrons. The Bertz CT molecular complexity index is 1350. The highest BCUT2D eigenvalue weighted by Gasteiger charge is 2.35. The lowest BCUT2D eigenvalue weighted by Crippen LogP contribution is -2.39. The number of nitrogens with zero attached hydrogens (tertiary/aromatic N) is 1. The van der Waals surface area contributed by atoms with E-state index in [1.807, 2.05) is 41.3 Å². The van der Waals surface area contributed by atoms with Crippen LogP contribution in [0.25, 0.3) is 5.57 Å². The number of benzene rings is 3. The van der Waals surface area contributed by atoms with Gasteiger partial charge in [-0.05, 0) is 60.7 Å². The second kappa shape index (κ2) is 12.3. The van der Waals surface area contributed by atoms with E-state index >= 15 is 0 Å². The summed E-state index contributed by atoms with van der Waals surface area (Å²) in [5.74, 6) is -3.23. The fourth-order valence-electron chi connectivity index (χ4n) is 4.67. The monoisotopic (exact) mass is 600 g/mol. The average Bonchev–Trinajstić information content (AvgIpc) is 3.77. The third-order valence-corrected chi connectivity index (χ3v) is 7.56. The molecule has 0 bridgehead atoms. The van der Waals surface area contributed by atoms with E-state index in [0.29, 0.717) is 31.0 Å². The predicted molar refractivity (Wildman–Crippen MR) is 146 cm³/mol. The van der Waals surface area contributed by atoms with Crippen LogP contribution in [0.15, 0.2) is 70.7 Å². The predicted octanol–water partition coefficient (Wildman–Crippen LogP) is 6.26. The zero-order valence-corrected chi connectivity index (χ0v) is 22.8. The number of amides is 1. The summed E-state index contributed by atoms with van der Waals surface area (Å²) in [4.78, 5) is 15.8. The quantitative estimate of drug-likeness (QED) is 0.279. The first-order valence-corrected chi connectivity index (χ1v) is 13.7. The molecule has 3 aromatic carbocycles. The second-order valence-electron chi connectivity index (χ2n) is 9.56. The minimum absolute atomic E-state index is 0.0390. The van der Waals surface area contributed by atoms with Crippen molar-refractivity contribution >= 4 is 27.4 Å². The van der Waals surface area contributed by atoms with Crippen LogP contribution in [0.5, 0.6) is 11.5 Å². The third-order valence-electron chi connectivity index (χ3n) is 6.79. The molecule has 3 aromatic rings. The smallest absolute Gasteiger partial charge is 0.251 e. The lowest BCUT2D eigenvalue weighted by Gasteiger charge is -2.28. The molecule has 0 saturated heterocycles. The Morgan fingerprint density at radius 1 is 0.974 bits per heavy atom. The first kappa shape index (κ1) is 27.3. The highest BCUT2D eigenvalue weighted by atomic mass is 79.9. The van der Waals surface area contributed by atoms with E-state index < -0.39 is 23.2 Å². The number of halogens is 4. The molecule has 1 aliphatic carbocycles. The van der Waals surface area contributed by atoms with Crippen molar-refractivity contribution in [2.45, 2.75) is 31.8 Å². The van der Waals surface area contributed by atoms with Gasteiger partial charge in [-0.25, -0.2) is 13.2 Å². The number of rotatable bonds is 10. The fraction of sp³-hybridized carbons (Fsp3) is 0.300. The molecule has 1 aliphatic heterocycles. The summed E-state index contributed by atoms with van der Waals surface area (Å²) >= 11 is 3.61. The first-order chi connectivity index (χ1) is 18.9. The first-order valence-electron chi connectivity index (χ1n) is 12.9. The fourth-order valence-corrected chi connectivity index (χ4v) is 5.08. The molecule has 0 atom stereocenters. The Kier molecular flexibility index (Phi) is 8.57. The third kappa shape index (κ3) is 6.65. The van der Waals surface area contributed by atoms with Crippen molar-refractivity contribution in [3.8, 4) is 11.5 Å². The Balaban J connectivity index is 1.25. The summed E-state index contributed by atoms with van der Waals surface area (Å²) in [5, 5.41) is 3.35. The topological polar surface area (TPSA) is 50.8 Å². The van der Waals surface area contributed by atoms with E-state index in [-0.39, 0.29) is 25.2 Å². The normalized spacial score (nSPS) is 15.3. The zero-order valence-electron chi connectivity index (χ0n) is 21.2. The summed E-state index contributed by atoms with van der Waals surface area (Å²) in [5.41, 5.74) is 3.84. The lowest BCUT2D eigenvalue weighted by atomic mass is 9.93. The summed E-state index contributed by atoms with van der Waals surface area (Å²) in [6, 6.07) is 16.8. The minimum atomic E-state index is -1.10. The van der Waals surface area contributed by atoms with Crippen LogP contribution in [0.3, 0.4) is 0 Å². The average molecular weight is 601 g/mol. The van der Waals surface area contributed by atoms with E-state index in [4.69, 9.17) is 9.47 Å². The maximum Gasteiger partial charge on any atom is 0.251 e. The van der Waals surface area contributed by atoms with Gasteiger partial charge in [0, 0.05) is 41.3 Å². The van der Waals surface area contributed by atoms with Crippen molar-refractivity contribution in [2.24, 2.45) is 0 Å². The number of carbonyl (C=O) groups is 1. The molecule has 1 saturated carbocycles. The van der Waals surface area contributed by atoms with Crippen molar-refractivity contribution < 1.29 is 27.4 Å². The molecule has 9 heteroatoms. The summed E-state index contributed by atoms with van der Waals surface area (Å²) in [6.07, 6.45) is 2.77. The molecular formula is C30H28BrF3N2O3. The van der Waals surface area contributed by atoms with Gasteiger partial charge in [-0.1, -0.05) is 46.3 Å². The van der Waals surface area contributed by atoms with Gasteiger partial charge in [0.25, 0.3) is 5.91 Å². The van der Waals surface area contributed by atoms with Crippen LogP contribution >= 0.6 is 15.9 Å². The molecule has 1 fully saturated rings. The van der Waals surface area contributed by atoms with Crippen molar-refractivity contribution in [1.82, 2.24) is 10.2 Å². The standard InChI is InChI=1S/C30H28BrF3N2O3/c31-26-4-2-1-3-20(26)18-36(22-7-8-22)30(37)25-17-35-12-11-24(25)19-5-9-23(10-6-19)38-13-14-39-29-27(33)15-21(32)16-28(29)34/h1-6,9-10,15-16,22,35H,7-8,11-14,17-18H2. The SMILES string of the molecule is O=C(C1=C(c2ccc(OCCOc3c(F)cc(F)cc3F)cc2)CCNC1)N(Cc1ccccc1Br)C1CC1. The van der Waals surface area contributed by atoms with Crippen LogP contribution in [-0.2, 0) is 11.3 Å². The number of nitrogens with one attached hydrogen (secondary N) is 1.